The van der Waals surface area contributed by atoms with Crippen molar-refractivity contribution in [1.82, 2.24) is 15.1 Å². The fourth-order valence-corrected chi connectivity index (χ4v) is 2.70. The number of aromatic amines is 1. The SMILES string of the molecule is COc1ccc(N2CCN(C(=O)c3cn[nH]c3C)CC2)cc1. The summed E-state index contributed by atoms with van der Waals surface area (Å²) in [5.41, 5.74) is 2.65. The van der Waals surface area contributed by atoms with Crippen LogP contribution in [0.3, 0.4) is 0 Å². The number of aryl methyl sites for hydroxylation is 1. The van der Waals surface area contributed by atoms with E-state index in [9.17, 15) is 4.79 Å². The van der Waals surface area contributed by atoms with Crippen LogP contribution in [0.4, 0.5) is 5.69 Å². The second-order valence-electron chi connectivity index (χ2n) is 5.39. The smallest absolute Gasteiger partial charge is 0.257 e. The van der Waals surface area contributed by atoms with E-state index in [2.05, 4.69) is 27.2 Å². The monoisotopic (exact) mass is 300 g/mol. The molecule has 1 amide bonds. The van der Waals surface area contributed by atoms with Crippen molar-refractivity contribution < 1.29 is 9.53 Å². The zero-order chi connectivity index (χ0) is 15.5. The third-order valence-corrected chi connectivity index (χ3v) is 4.06. The molecule has 22 heavy (non-hydrogen) atoms. The molecule has 0 aliphatic carbocycles. The fourth-order valence-electron chi connectivity index (χ4n) is 2.70. The number of anilines is 1. The molecule has 1 aliphatic rings. The number of benzene rings is 1. The number of rotatable bonds is 3. The third-order valence-electron chi connectivity index (χ3n) is 4.06. The molecular formula is C16H20N4O2. The number of methoxy groups -OCH3 is 1. The van der Waals surface area contributed by atoms with Gasteiger partial charge in [0.1, 0.15) is 5.75 Å². The molecular weight excluding hydrogens is 280 g/mol. The van der Waals surface area contributed by atoms with E-state index in [0.717, 1.165) is 43.3 Å². The maximum absolute atomic E-state index is 12.4. The Labute approximate surface area is 129 Å². The van der Waals surface area contributed by atoms with E-state index in [4.69, 9.17) is 4.74 Å². The molecule has 1 aromatic heterocycles. The van der Waals surface area contributed by atoms with Gasteiger partial charge in [-0.3, -0.25) is 9.89 Å². The first-order valence-electron chi connectivity index (χ1n) is 7.37. The van der Waals surface area contributed by atoms with Crippen LogP contribution in [-0.2, 0) is 0 Å². The summed E-state index contributed by atoms with van der Waals surface area (Å²) in [5, 5.41) is 6.74. The molecule has 1 saturated heterocycles. The summed E-state index contributed by atoms with van der Waals surface area (Å²) in [6.07, 6.45) is 1.60. The molecule has 6 nitrogen and oxygen atoms in total. The van der Waals surface area contributed by atoms with Crippen molar-refractivity contribution in [2.75, 3.05) is 38.2 Å². The maximum Gasteiger partial charge on any atom is 0.257 e. The van der Waals surface area contributed by atoms with Gasteiger partial charge in [0.15, 0.2) is 0 Å². The normalized spacial score (nSPS) is 15.0. The number of carbonyl (C=O) groups is 1. The minimum absolute atomic E-state index is 0.0561. The van der Waals surface area contributed by atoms with Gasteiger partial charge >= 0.3 is 0 Å². The van der Waals surface area contributed by atoms with Crippen LogP contribution in [-0.4, -0.2) is 54.3 Å². The zero-order valence-corrected chi connectivity index (χ0v) is 12.9. The molecule has 1 fully saturated rings. The van der Waals surface area contributed by atoms with Crippen LogP contribution in [0.25, 0.3) is 0 Å². The average Bonchev–Trinajstić information content (AvgIpc) is 3.00. The second-order valence-corrected chi connectivity index (χ2v) is 5.39. The number of hydrogen-bond donors (Lipinski definition) is 1. The van der Waals surface area contributed by atoms with Gasteiger partial charge in [0.2, 0.25) is 0 Å². The summed E-state index contributed by atoms with van der Waals surface area (Å²) in [6.45, 7) is 4.96. The summed E-state index contributed by atoms with van der Waals surface area (Å²) < 4.78 is 5.18. The van der Waals surface area contributed by atoms with E-state index < -0.39 is 0 Å². The topological polar surface area (TPSA) is 61.5 Å². The molecule has 3 rings (SSSR count). The summed E-state index contributed by atoms with van der Waals surface area (Å²) in [7, 11) is 1.66. The number of aromatic nitrogens is 2. The van der Waals surface area contributed by atoms with Crippen molar-refractivity contribution in [3.8, 4) is 5.75 Å². The van der Waals surface area contributed by atoms with Gasteiger partial charge in [-0.2, -0.15) is 5.10 Å². The molecule has 0 unspecified atom stereocenters. The minimum Gasteiger partial charge on any atom is -0.497 e. The van der Waals surface area contributed by atoms with Gasteiger partial charge in [0.25, 0.3) is 5.91 Å². The fraction of sp³-hybridized carbons (Fsp3) is 0.375. The molecule has 0 spiro atoms. The van der Waals surface area contributed by atoms with Crippen LogP contribution >= 0.6 is 0 Å². The average molecular weight is 300 g/mol. The molecule has 2 aromatic rings. The van der Waals surface area contributed by atoms with Gasteiger partial charge in [-0.25, -0.2) is 0 Å². The highest BCUT2D eigenvalue weighted by Gasteiger charge is 2.24. The Balaban J connectivity index is 1.62. The molecule has 0 radical (unpaired) electrons. The third kappa shape index (κ3) is 2.77. The molecule has 0 bridgehead atoms. The van der Waals surface area contributed by atoms with E-state index in [0.29, 0.717) is 5.56 Å². The van der Waals surface area contributed by atoms with Gasteiger partial charge in [0, 0.05) is 37.6 Å². The predicted molar refractivity (Wildman–Crippen MR) is 84.4 cm³/mol. The van der Waals surface area contributed by atoms with Gasteiger partial charge in [0.05, 0.1) is 18.9 Å². The Morgan fingerprint density at radius 1 is 1.18 bits per heavy atom. The van der Waals surface area contributed by atoms with Crippen LogP contribution in [0, 0.1) is 6.92 Å². The van der Waals surface area contributed by atoms with E-state index in [-0.39, 0.29) is 5.91 Å². The second kappa shape index (κ2) is 6.09. The molecule has 2 heterocycles. The summed E-state index contributed by atoms with van der Waals surface area (Å²) in [4.78, 5) is 16.6. The first-order chi connectivity index (χ1) is 10.7. The Bertz CT molecular complexity index is 642. The van der Waals surface area contributed by atoms with E-state index in [1.54, 1.807) is 13.3 Å². The molecule has 0 atom stereocenters. The number of nitrogens with zero attached hydrogens (tertiary/aromatic N) is 3. The minimum atomic E-state index is 0.0561. The lowest BCUT2D eigenvalue weighted by Crippen LogP contribution is -2.48. The van der Waals surface area contributed by atoms with E-state index >= 15 is 0 Å². The summed E-state index contributed by atoms with van der Waals surface area (Å²) in [6, 6.07) is 8.02. The van der Waals surface area contributed by atoms with Gasteiger partial charge < -0.3 is 14.5 Å². The first kappa shape index (κ1) is 14.4. The molecule has 1 aliphatic heterocycles. The number of ether oxygens (including phenoxy) is 1. The Kier molecular flexibility index (Phi) is 4.00. The first-order valence-corrected chi connectivity index (χ1v) is 7.37. The quantitative estimate of drug-likeness (QED) is 0.937. The summed E-state index contributed by atoms with van der Waals surface area (Å²) in [5.74, 6) is 0.911. The number of H-pyrrole nitrogens is 1. The highest BCUT2D eigenvalue weighted by Crippen LogP contribution is 2.21. The largest absolute Gasteiger partial charge is 0.497 e. The Morgan fingerprint density at radius 2 is 1.86 bits per heavy atom. The predicted octanol–water partition coefficient (Wildman–Crippen LogP) is 1.69. The van der Waals surface area contributed by atoms with Crippen LogP contribution in [0.15, 0.2) is 30.5 Å². The Hall–Kier alpha value is -2.50. The molecule has 116 valence electrons. The van der Waals surface area contributed by atoms with Crippen molar-refractivity contribution in [3.05, 3.63) is 41.7 Å². The molecule has 1 aromatic carbocycles. The lowest BCUT2D eigenvalue weighted by Gasteiger charge is -2.36. The van der Waals surface area contributed by atoms with Gasteiger partial charge in [-0.05, 0) is 31.2 Å². The lowest BCUT2D eigenvalue weighted by atomic mass is 10.2. The highest BCUT2D eigenvalue weighted by molar-refractivity contribution is 5.95. The van der Waals surface area contributed by atoms with Crippen molar-refractivity contribution in [2.24, 2.45) is 0 Å². The number of nitrogens with one attached hydrogen (secondary N) is 1. The van der Waals surface area contributed by atoms with E-state index in [1.807, 2.05) is 24.0 Å². The van der Waals surface area contributed by atoms with E-state index in [1.165, 1.54) is 0 Å². The molecule has 6 heteroatoms. The highest BCUT2D eigenvalue weighted by atomic mass is 16.5. The number of carbonyl (C=O) groups excluding carboxylic acids is 1. The standard InChI is InChI=1S/C16H20N4O2/c1-12-15(11-17-18-12)16(21)20-9-7-19(8-10-20)13-3-5-14(22-2)6-4-13/h3-6,11H,7-10H2,1-2H3,(H,17,18). The zero-order valence-electron chi connectivity index (χ0n) is 12.9. The van der Waals surface area contributed by atoms with Crippen LogP contribution < -0.4 is 9.64 Å². The Morgan fingerprint density at radius 3 is 2.41 bits per heavy atom. The van der Waals surface area contributed by atoms with Crippen molar-refractivity contribution in [2.45, 2.75) is 6.92 Å². The van der Waals surface area contributed by atoms with Gasteiger partial charge in [-0.15, -0.1) is 0 Å². The number of hydrogen-bond acceptors (Lipinski definition) is 4. The van der Waals surface area contributed by atoms with Crippen molar-refractivity contribution in [3.63, 3.8) is 0 Å². The van der Waals surface area contributed by atoms with Crippen LogP contribution in [0.2, 0.25) is 0 Å². The molecule has 0 saturated carbocycles. The summed E-state index contributed by atoms with van der Waals surface area (Å²) >= 11 is 0. The number of amides is 1. The van der Waals surface area contributed by atoms with Crippen molar-refractivity contribution in [1.29, 1.82) is 0 Å². The van der Waals surface area contributed by atoms with Gasteiger partial charge in [-0.1, -0.05) is 0 Å². The molecule has 1 N–H and O–H groups in total. The lowest BCUT2D eigenvalue weighted by molar-refractivity contribution is 0.0746. The van der Waals surface area contributed by atoms with Crippen LogP contribution in [0.1, 0.15) is 16.1 Å². The number of piperazine rings is 1. The van der Waals surface area contributed by atoms with Crippen LogP contribution in [0.5, 0.6) is 5.75 Å². The maximum atomic E-state index is 12.4. The van der Waals surface area contributed by atoms with Crippen molar-refractivity contribution >= 4 is 11.6 Å².